The Morgan fingerprint density at radius 3 is 2.50 bits per heavy atom. The number of nitrogens with one attached hydrogen (secondary N) is 1. The summed E-state index contributed by atoms with van der Waals surface area (Å²) in [6, 6.07) is 13.3. The molecule has 2 aromatic carbocycles. The third-order valence-corrected chi connectivity index (χ3v) is 7.06. The van der Waals surface area contributed by atoms with E-state index in [2.05, 4.69) is 22.3 Å². The Morgan fingerprint density at radius 2 is 1.84 bits per heavy atom. The van der Waals surface area contributed by atoms with Crippen LogP contribution in [0.15, 0.2) is 42.5 Å². The van der Waals surface area contributed by atoms with E-state index in [1.165, 1.54) is 4.31 Å². The maximum atomic E-state index is 12.3. The smallest absolute Gasteiger partial charge is 0.232 e. The normalized spacial score (nSPS) is 14.3. The van der Waals surface area contributed by atoms with Crippen LogP contribution in [0.2, 0.25) is 5.02 Å². The Bertz CT molecular complexity index is 1020. The fraction of sp³-hybridized carbons (Fsp3) is 0.435. The number of carbonyl (C=O) groups is 1. The van der Waals surface area contributed by atoms with Crippen molar-refractivity contribution in [1.29, 1.82) is 0 Å². The topological polar surface area (TPSA) is 79.0 Å². The van der Waals surface area contributed by atoms with Crippen LogP contribution in [0.4, 0.5) is 11.4 Å². The first-order chi connectivity index (χ1) is 15.3. The van der Waals surface area contributed by atoms with Crippen LogP contribution in [-0.2, 0) is 26.1 Å². The van der Waals surface area contributed by atoms with Crippen molar-refractivity contribution in [2.75, 3.05) is 48.3 Å². The molecule has 0 saturated carbocycles. The summed E-state index contributed by atoms with van der Waals surface area (Å²) in [5.74, 6) is -0.112. The number of morpholine rings is 1. The van der Waals surface area contributed by atoms with E-state index in [9.17, 15) is 13.2 Å². The third kappa shape index (κ3) is 6.60. The number of ether oxygens (including phenoxy) is 1. The van der Waals surface area contributed by atoms with Gasteiger partial charge in [0.2, 0.25) is 15.9 Å². The highest BCUT2D eigenvalue weighted by atomic mass is 35.5. The summed E-state index contributed by atoms with van der Waals surface area (Å²) >= 11 is 6.15. The van der Waals surface area contributed by atoms with Crippen LogP contribution in [0.1, 0.15) is 24.0 Å². The van der Waals surface area contributed by atoms with Crippen LogP contribution >= 0.6 is 11.6 Å². The first kappa shape index (κ1) is 24.4. The molecule has 3 rings (SSSR count). The molecule has 0 radical (unpaired) electrons. The maximum absolute atomic E-state index is 12.3. The molecule has 1 aliphatic heterocycles. The lowest BCUT2D eigenvalue weighted by atomic mass is 10.1. The summed E-state index contributed by atoms with van der Waals surface area (Å²) in [6.45, 7) is 5.68. The minimum absolute atomic E-state index is 0.112. The van der Waals surface area contributed by atoms with Crippen LogP contribution in [0.3, 0.4) is 0 Å². The highest BCUT2D eigenvalue weighted by molar-refractivity contribution is 7.92. The molecular formula is C23H30ClN3O4S. The number of rotatable bonds is 9. The van der Waals surface area contributed by atoms with Gasteiger partial charge < -0.3 is 15.0 Å². The molecule has 174 valence electrons. The van der Waals surface area contributed by atoms with Gasteiger partial charge in [0.05, 0.1) is 25.2 Å². The van der Waals surface area contributed by atoms with Gasteiger partial charge in [-0.25, -0.2) is 8.42 Å². The highest BCUT2D eigenvalue weighted by Crippen LogP contribution is 2.28. The number of hydrogen-bond donors (Lipinski definition) is 1. The zero-order valence-corrected chi connectivity index (χ0v) is 20.1. The van der Waals surface area contributed by atoms with Crippen LogP contribution in [-0.4, -0.2) is 53.4 Å². The van der Waals surface area contributed by atoms with Crippen molar-refractivity contribution in [3.63, 3.8) is 0 Å². The Hall–Kier alpha value is -2.29. The molecule has 0 atom stereocenters. The van der Waals surface area contributed by atoms with Crippen molar-refractivity contribution >= 4 is 38.9 Å². The number of sulfonamides is 1. The zero-order valence-electron chi connectivity index (χ0n) is 18.5. The van der Waals surface area contributed by atoms with E-state index in [0.717, 1.165) is 43.8 Å². The third-order valence-electron chi connectivity index (χ3n) is 5.48. The summed E-state index contributed by atoms with van der Waals surface area (Å²) in [5.41, 5.74) is 3.41. The van der Waals surface area contributed by atoms with Crippen molar-refractivity contribution in [3.8, 4) is 0 Å². The van der Waals surface area contributed by atoms with E-state index in [-0.39, 0.29) is 18.9 Å². The molecule has 0 aliphatic carbocycles. The van der Waals surface area contributed by atoms with Crippen molar-refractivity contribution in [2.45, 2.75) is 26.3 Å². The van der Waals surface area contributed by atoms with Gasteiger partial charge in [0, 0.05) is 43.3 Å². The second-order valence-corrected chi connectivity index (χ2v) is 10.2. The van der Waals surface area contributed by atoms with Crippen molar-refractivity contribution in [2.24, 2.45) is 0 Å². The Morgan fingerprint density at radius 1 is 1.16 bits per heavy atom. The van der Waals surface area contributed by atoms with Crippen molar-refractivity contribution in [3.05, 3.63) is 58.6 Å². The van der Waals surface area contributed by atoms with Crippen LogP contribution in [0, 0.1) is 6.92 Å². The molecule has 1 amide bonds. The SMILES string of the molecule is Cc1c(Cl)cccc1N(CCCC(=O)NCc1ccc(N2CCOCC2)cc1)S(C)(=O)=O. The minimum Gasteiger partial charge on any atom is -0.378 e. The Kier molecular flexibility index (Phi) is 8.39. The molecule has 0 spiro atoms. The van der Waals surface area contributed by atoms with Gasteiger partial charge in [0.25, 0.3) is 0 Å². The van der Waals surface area contributed by atoms with Crippen LogP contribution in [0.25, 0.3) is 0 Å². The van der Waals surface area contributed by atoms with Crippen LogP contribution < -0.4 is 14.5 Å². The van der Waals surface area contributed by atoms with Gasteiger partial charge in [0.15, 0.2) is 0 Å². The first-order valence-electron chi connectivity index (χ1n) is 10.7. The molecule has 1 fully saturated rings. The van der Waals surface area contributed by atoms with E-state index < -0.39 is 10.0 Å². The predicted octanol–water partition coefficient (Wildman–Crippen LogP) is 3.35. The quantitative estimate of drug-likeness (QED) is 0.596. The van der Waals surface area contributed by atoms with Gasteiger partial charge in [-0.3, -0.25) is 9.10 Å². The summed E-state index contributed by atoms with van der Waals surface area (Å²) in [5, 5.41) is 3.42. The molecule has 0 aromatic heterocycles. The van der Waals surface area contributed by atoms with Gasteiger partial charge in [-0.2, -0.15) is 0 Å². The van der Waals surface area contributed by atoms with E-state index in [1.54, 1.807) is 25.1 Å². The second kappa shape index (κ2) is 11.0. The van der Waals surface area contributed by atoms with Crippen molar-refractivity contribution in [1.82, 2.24) is 5.32 Å². The molecule has 1 heterocycles. The summed E-state index contributed by atoms with van der Waals surface area (Å²) in [7, 11) is -3.49. The van der Waals surface area contributed by atoms with Gasteiger partial charge in [-0.05, 0) is 48.7 Å². The molecule has 0 bridgehead atoms. The first-order valence-corrected chi connectivity index (χ1v) is 12.9. The van der Waals surface area contributed by atoms with Gasteiger partial charge in [0.1, 0.15) is 0 Å². The Labute approximate surface area is 195 Å². The second-order valence-electron chi connectivity index (χ2n) is 7.87. The number of anilines is 2. The number of nitrogens with zero attached hydrogens (tertiary/aromatic N) is 2. The number of benzene rings is 2. The highest BCUT2D eigenvalue weighted by Gasteiger charge is 2.20. The fourth-order valence-electron chi connectivity index (χ4n) is 3.65. The van der Waals surface area contributed by atoms with E-state index >= 15 is 0 Å². The molecule has 1 saturated heterocycles. The average molecular weight is 480 g/mol. The Balaban J connectivity index is 1.49. The average Bonchev–Trinajstić information content (AvgIpc) is 2.78. The summed E-state index contributed by atoms with van der Waals surface area (Å²) < 4.78 is 31.3. The maximum Gasteiger partial charge on any atom is 0.232 e. The van der Waals surface area contributed by atoms with Gasteiger partial charge in [-0.1, -0.05) is 29.8 Å². The molecule has 7 nitrogen and oxygen atoms in total. The number of halogens is 1. The van der Waals surface area contributed by atoms with E-state index in [4.69, 9.17) is 16.3 Å². The molecule has 32 heavy (non-hydrogen) atoms. The molecule has 1 aliphatic rings. The number of amides is 1. The largest absolute Gasteiger partial charge is 0.378 e. The lowest BCUT2D eigenvalue weighted by Crippen LogP contribution is -2.36. The molecule has 9 heteroatoms. The fourth-order valence-corrected chi connectivity index (χ4v) is 4.84. The van der Waals surface area contributed by atoms with E-state index in [0.29, 0.717) is 29.2 Å². The van der Waals surface area contributed by atoms with Gasteiger partial charge in [-0.15, -0.1) is 0 Å². The summed E-state index contributed by atoms with van der Waals surface area (Å²) in [6.07, 6.45) is 1.80. The number of hydrogen-bond acceptors (Lipinski definition) is 5. The lowest BCUT2D eigenvalue weighted by molar-refractivity contribution is -0.121. The molecule has 0 unspecified atom stereocenters. The molecule has 2 aromatic rings. The monoisotopic (exact) mass is 479 g/mol. The van der Waals surface area contributed by atoms with Gasteiger partial charge >= 0.3 is 0 Å². The lowest BCUT2D eigenvalue weighted by Gasteiger charge is -2.28. The number of carbonyl (C=O) groups excluding carboxylic acids is 1. The minimum atomic E-state index is -3.49. The zero-order chi connectivity index (χ0) is 23.1. The predicted molar refractivity (Wildman–Crippen MR) is 129 cm³/mol. The molecular weight excluding hydrogens is 450 g/mol. The summed E-state index contributed by atoms with van der Waals surface area (Å²) in [4.78, 5) is 14.6. The van der Waals surface area contributed by atoms with E-state index in [1.807, 2.05) is 12.1 Å². The van der Waals surface area contributed by atoms with Crippen molar-refractivity contribution < 1.29 is 17.9 Å². The standard InChI is InChI=1S/C23H30ClN3O4S/c1-18-21(24)5-3-6-22(18)27(32(2,29)30)12-4-7-23(28)25-17-19-8-10-20(11-9-19)26-13-15-31-16-14-26/h3,5-6,8-11H,4,7,12-17H2,1-2H3,(H,25,28). The molecule has 1 N–H and O–H groups in total. The van der Waals surface area contributed by atoms with Crippen LogP contribution in [0.5, 0.6) is 0 Å².